The van der Waals surface area contributed by atoms with E-state index in [4.69, 9.17) is 4.74 Å². The van der Waals surface area contributed by atoms with Crippen molar-refractivity contribution in [3.8, 4) is 0 Å². The van der Waals surface area contributed by atoms with Crippen molar-refractivity contribution in [2.45, 2.75) is 45.4 Å². The molecule has 0 unspecified atom stereocenters. The number of methoxy groups -OCH3 is 1. The molecule has 1 rings (SSSR count). The van der Waals surface area contributed by atoms with Crippen LogP contribution >= 0.6 is 0 Å². The summed E-state index contributed by atoms with van der Waals surface area (Å²) in [6.07, 6.45) is 7.05. The summed E-state index contributed by atoms with van der Waals surface area (Å²) < 4.78 is 37.0. The Morgan fingerprint density at radius 3 is 2.05 bits per heavy atom. The van der Waals surface area contributed by atoms with Crippen LogP contribution in [0.4, 0.5) is 8.78 Å². The zero-order valence-electron chi connectivity index (χ0n) is 13.1. The van der Waals surface area contributed by atoms with Crippen LogP contribution in [0.1, 0.15) is 45.4 Å². The van der Waals surface area contributed by atoms with E-state index in [2.05, 4.69) is 24.8 Å². The Labute approximate surface area is 126 Å². The van der Waals surface area contributed by atoms with Crippen molar-refractivity contribution in [1.29, 1.82) is 0 Å². The molecule has 1 aliphatic carbocycles. The summed E-state index contributed by atoms with van der Waals surface area (Å²) >= 11 is 0. The maximum absolute atomic E-state index is 13.7. The number of allylic oxidation sites excluding steroid dienone is 2. The zero-order valence-corrected chi connectivity index (χ0v) is 13.1. The van der Waals surface area contributed by atoms with Gasteiger partial charge in [0.15, 0.2) is 11.5 Å². The molecule has 0 atom stereocenters. The van der Waals surface area contributed by atoms with Gasteiger partial charge in [0.1, 0.15) is 0 Å². The predicted molar refractivity (Wildman–Crippen MR) is 80.8 cm³/mol. The lowest BCUT2D eigenvalue weighted by Crippen LogP contribution is -2.18. The van der Waals surface area contributed by atoms with Crippen molar-refractivity contribution >= 4 is 0 Å². The lowest BCUT2D eigenvalue weighted by atomic mass is 9.80. The minimum absolute atomic E-state index is 0.290. The maximum Gasteiger partial charge on any atom is 0.203 e. The number of hydrogen-bond acceptors (Lipinski definition) is 2. The van der Waals surface area contributed by atoms with Crippen molar-refractivity contribution in [2.75, 3.05) is 13.7 Å². The summed E-state index contributed by atoms with van der Waals surface area (Å²) in [5.41, 5.74) is 0. The van der Waals surface area contributed by atoms with Gasteiger partial charge in [-0.25, -0.2) is 0 Å². The van der Waals surface area contributed by atoms with Crippen molar-refractivity contribution in [1.82, 2.24) is 0 Å². The Morgan fingerprint density at radius 1 is 1.00 bits per heavy atom. The van der Waals surface area contributed by atoms with Crippen LogP contribution in [0.2, 0.25) is 0 Å². The summed E-state index contributed by atoms with van der Waals surface area (Å²) in [5.74, 6) is -1.74. The normalized spacial score (nSPS) is 23.2. The fraction of sp³-hybridized carbons (Fsp3) is 0.647. The third-order valence-corrected chi connectivity index (χ3v) is 4.09. The second kappa shape index (κ2) is 8.85. The molecule has 1 aliphatic rings. The van der Waals surface area contributed by atoms with Gasteiger partial charge in [0, 0.05) is 0 Å². The van der Waals surface area contributed by atoms with Crippen LogP contribution in [0.3, 0.4) is 0 Å². The molecule has 0 aliphatic heterocycles. The van der Waals surface area contributed by atoms with Crippen LogP contribution < -0.4 is 0 Å². The molecule has 1 saturated carbocycles. The highest BCUT2D eigenvalue weighted by molar-refractivity contribution is 5.29. The van der Waals surface area contributed by atoms with Gasteiger partial charge in [-0.2, -0.15) is 8.78 Å². The van der Waals surface area contributed by atoms with Gasteiger partial charge < -0.3 is 9.47 Å². The molecule has 0 aromatic rings. The number of halogens is 2. The van der Waals surface area contributed by atoms with E-state index < -0.39 is 11.7 Å². The van der Waals surface area contributed by atoms with Crippen molar-refractivity contribution in [2.24, 2.45) is 11.8 Å². The average Bonchev–Trinajstić information content (AvgIpc) is 2.51. The van der Waals surface area contributed by atoms with Gasteiger partial charge in [-0.1, -0.05) is 45.8 Å². The third kappa shape index (κ3) is 5.52. The van der Waals surface area contributed by atoms with Gasteiger partial charge in [-0.05, 0) is 24.7 Å². The van der Waals surface area contributed by atoms with Crippen LogP contribution in [0.15, 0.2) is 36.3 Å². The molecule has 0 saturated heterocycles. The van der Waals surface area contributed by atoms with E-state index in [1.54, 1.807) is 0 Å². The van der Waals surface area contributed by atoms with Gasteiger partial charge in [-0.3, -0.25) is 0 Å². The van der Waals surface area contributed by atoms with Gasteiger partial charge in [0.05, 0.1) is 13.7 Å². The van der Waals surface area contributed by atoms with Gasteiger partial charge in [0.2, 0.25) is 11.7 Å². The smallest absolute Gasteiger partial charge is 0.203 e. The summed E-state index contributed by atoms with van der Waals surface area (Å²) in [4.78, 5) is 0. The molecule has 0 bridgehead atoms. The summed E-state index contributed by atoms with van der Waals surface area (Å²) in [6, 6.07) is 0. The lowest BCUT2D eigenvalue weighted by Gasteiger charge is -2.28. The Morgan fingerprint density at radius 2 is 1.52 bits per heavy atom. The third-order valence-electron chi connectivity index (χ3n) is 4.09. The van der Waals surface area contributed by atoms with E-state index in [9.17, 15) is 8.78 Å². The molecule has 1 fully saturated rings. The first-order chi connectivity index (χ1) is 9.99. The molecule has 4 heteroatoms. The average molecular weight is 300 g/mol. The SMILES string of the molecule is C=C(OC)/C(F)=C(/F)C(=C)OCC1CCC(CCC)CC1. The molecule has 0 amide bonds. The van der Waals surface area contributed by atoms with Crippen LogP contribution in [-0.4, -0.2) is 13.7 Å². The topological polar surface area (TPSA) is 18.5 Å². The highest BCUT2D eigenvalue weighted by Gasteiger charge is 2.22. The second-order valence-electron chi connectivity index (χ2n) is 5.66. The van der Waals surface area contributed by atoms with Crippen LogP contribution in [0.25, 0.3) is 0 Å². The highest BCUT2D eigenvalue weighted by Crippen LogP contribution is 2.32. The Kier molecular flexibility index (Phi) is 7.48. The van der Waals surface area contributed by atoms with Crippen LogP contribution in [0.5, 0.6) is 0 Å². The van der Waals surface area contributed by atoms with E-state index in [0.29, 0.717) is 12.5 Å². The van der Waals surface area contributed by atoms with Crippen molar-refractivity contribution in [3.63, 3.8) is 0 Å². The highest BCUT2D eigenvalue weighted by atomic mass is 19.2. The summed E-state index contributed by atoms with van der Waals surface area (Å²) in [5, 5.41) is 0. The first-order valence-electron chi connectivity index (χ1n) is 7.60. The number of hydrogen-bond donors (Lipinski definition) is 0. The molecule has 2 nitrogen and oxygen atoms in total. The van der Waals surface area contributed by atoms with E-state index in [0.717, 1.165) is 18.8 Å². The summed E-state index contributed by atoms with van der Waals surface area (Å²) in [7, 11) is 1.23. The first kappa shape index (κ1) is 17.7. The molecule has 21 heavy (non-hydrogen) atoms. The van der Waals surface area contributed by atoms with E-state index in [-0.39, 0.29) is 11.5 Å². The minimum atomic E-state index is -1.16. The molecule has 0 N–H and O–H groups in total. The zero-order chi connectivity index (χ0) is 15.8. The quantitative estimate of drug-likeness (QED) is 0.439. The van der Waals surface area contributed by atoms with Crippen LogP contribution in [0, 0.1) is 11.8 Å². The molecular formula is C17H26F2O2. The second-order valence-corrected chi connectivity index (χ2v) is 5.66. The number of rotatable bonds is 8. The van der Waals surface area contributed by atoms with E-state index in [1.165, 1.54) is 32.8 Å². The monoisotopic (exact) mass is 300 g/mol. The maximum atomic E-state index is 13.7. The minimum Gasteiger partial charge on any atom is -0.494 e. The molecule has 0 aromatic carbocycles. The molecule has 120 valence electrons. The molecule has 0 spiro atoms. The molecule has 0 radical (unpaired) electrons. The van der Waals surface area contributed by atoms with Crippen LogP contribution in [-0.2, 0) is 9.47 Å². The van der Waals surface area contributed by atoms with Crippen molar-refractivity contribution < 1.29 is 18.3 Å². The molecule has 0 aromatic heterocycles. The Bertz CT molecular complexity index is 394. The standard InChI is InChI=1S/C17H26F2O2/c1-5-6-14-7-9-15(10-8-14)11-21-13(3)17(19)16(18)12(2)20-4/h14-15H,2-3,5-11H2,1,4H3/b17-16-. The largest absolute Gasteiger partial charge is 0.494 e. The molecule has 0 heterocycles. The lowest BCUT2D eigenvalue weighted by molar-refractivity contribution is 0.125. The predicted octanol–water partition coefficient (Wildman–Crippen LogP) is 5.43. The van der Waals surface area contributed by atoms with Gasteiger partial charge >= 0.3 is 0 Å². The van der Waals surface area contributed by atoms with Gasteiger partial charge in [-0.15, -0.1) is 0 Å². The Balaban J connectivity index is 2.39. The first-order valence-corrected chi connectivity index (χ1v) is 7.60. The Hall–Kier alpha value is -1.32. The van der Waals surface area contributed by atoms with Crippen molar-refractivity contribution in [3.05, 3.63) is 36.3 Å². The van der Waals surface area contributed by atoms with E-state index >= 15 is 0 Å². The summed E-state index contributed by atoms with van der Waals surface area (Å²) in [6.45, 7) is 9.28. The fourth-order valence-corrected chi connectivity index (χ4v) is 2.71. The van der Waals surface area contributed by atoms with E-state index in [1.807, 2.05) is 0 Å². The fourth-order valence-electron chi connectivity index (χ4n) is 2.71. The van der Waals surface area contributed by atoms with Gasteiger partial charge in [0.25, 0.3) is 0 Å². The number of ether oxygens (including phenoxy) is 2. The molecular weight excluding hydrogens is 274 g/mol.